The standard InChI is InChI=1S/C29H22NO5.ClH/c1-16-4-3-5-18(12-16)29(31)35-28-22-14-30-11-10-17-13-24-27(34-15-33-24)21-7-6-20(26(30)25(17)21)19(22)8-9-23(28)32-2;/h3-9,12-14H,10-11,15H2,1-2H3;1H/q+1;. The van der Waals surface area contributed by atoms with Crippen molar-refractivity contribution in [1.29, 1.82) is 0 Å². The minimum atomic E-state index is -0.410. The average Bonchev–Trinajstić information content (AvgIpc) is 3.35. The molecule has 36 heavy (non-hydrogen) atoms. The number of carbonyl (C=O) groups is 1. The zero-order valence-corrected chi connectivity index (χ0v) is 20.6. The van der Waals surface area contributed by atoms with E-state index in [0.717, 1.165) is 57.1 Å². The summed E-state index contributed by atoms with van der Waals surface area (Å²) < 4.78 is 25.3. The summed E-state index contributed by atoms with van der Waals surface area (Å²) in [6.07, 6.45) is 2.95. The molecule has 0 saturated heterocycles. The maximum Gasteiger partial charge on any atom is 0.343 e. The lowest BCUT2D eigenvalue weighted by Crippen LogP contribution is -2.38. The minimum absolute atomic E-state index is 0. The van der Waals surface area contributed by atoms with Crippen molar-refractivity contribution in [2.45, 2.75) is 19.9 Å². The van der Waals surface area contributed by atoms with Gasteiger partial charge in [0.1, 0.15) is 0 Å². The van der Waals surface area contributed by atoms with E-state index >= 15 is 0 Å². The Morgan fingerprint density at radius 3 is 2.64 bits per heavy atom. The van der Waals surface area contributed by atoms with Crippen LogP contribution in [0.2, 0.25) is 0 Å². The normalized spacial score (nSPS) is 13.3. The first-order chi connectivity index (χ1) is 17.1. The predicted octanol–water partition coefficient (Wildman–Crippen LogP) is 5.68. The van der Waals surface area contributed by atoms with E-state index < -0.39 is 5.97 Å². The first-order valence-electron chi connectivity index (χ1n) is 11.6. The van der Waals surface area contributed by atoms with Crippen LogP contribution in [0.15, 0.2) is 60.8 Å². The lowest BCUT2D eigenvalue weighted by atomic mass is 9.93. The van der Waals surface area contributed by atoms with E-state index in [9.17, 15) is 4.79 Å². The van der Waals surface area contributed by atoms with Gasteiger partial charge in [-0.1, -0.05) is 17.7 Å². The van der Waals surface area contributed by atoms with Crippen LogP contribution in [-0.2, 0) is 13.0 Å². The number of hydrogen-bond donors (Lipinski definition) is 0. The van der Waals surface area contributed by atoms with Crippen molar-refractivity contribution in [3.05, 3.63) is 77.5 Å². The number of benzene rings is 4. The number of hydrogen-bond acceptors (Lipinski definition) is 5. The molecule has 0 aliphatic carbocycles. The van der Waals surface area contributed by atoms with Gasteiger partial charge in [-0.2, -0.15) is 4.57 Å². The lowest BCUT2D eigenvalue weighted by molar-refractivity contribution is -0.670. The summed E-state index contributed by atoms with van der Waals surface area (Å²) in [5, 5.41) is 5.17. The van der Waals surface area contributed by atoms with Crippen molar-refractivity contribution in [2.24, 2.45) is 0 Å². The van der Waals surface area contributed by atoms with E-state index in [4.69, 9.17) is 18.9 Å². The Kier molecular flexibility index (Phi) is 5.16. The van der Waals surface area contributed by atoms with Crippen LogP contribution in [0.25, 0.3) is 32.4 Å². The molecule has 0 bridgehead atoms. The highest BCUT2D eigenvalue weighted by Crippen LogP contribution is 2.46. The van der Waals surface area contributed by atoms with E-state index in [1.165, 1.54) is 10.9 Å². The van der Waals surface area contributed by atoms with E-state index in [2.05, 4.69) is 29.0 Å². The van der Waals surface area contributed by atoms with Crippen molar-refractivity contribution in [1.82, 2.24) is 0 Å². The number of ether oxygens (including phenoxy) is 4. The fourth-order valence-electron chi connectivity index (χ4n) is 5.42. The largest absolute Gasteiger partial charge is 0.493 e. The Morgan fingerprint density at radius 1 is 0.972 bits per heavy atom. The molecule has 6 nitrogen and oxygen atoms in total. The monoisotopic (exact) mass is 500 g/mol. The number of pyridine rings is 1. The highest BCUT2D eigenvalue weighted by Gasteiger charge is 2.30. The van der Waals surface area contributed by atoms with Crippen LogP contribution in [0.4, 0.5) is 0 Å². The molecule has 0 radical (unpaired) electrons. The van der Waals surface area contributed by atoms with Gasteiger partial charge in [0, 0.05) is 17.2 Å². The molecule has 2 aliphatic rings. The van der Waals surface area contributed by atoms with Crippen molar-refractivity contribution < 1.29 is 28.3 Å². The molecule has 0 fully saturated rings. The molecule has 0 saturated carbocycles. The second-order valence-electron chi connectivity index (χ2n) is 9.04. The average molecular weight is 501 g/mol. The summed E-state index contributed by atoms with van der Waals surface area (Å²) in [6.45, 7) is 3.01. The second-order valence-corrected chi connectivity index (χ2v) is 9.04. The van der Waals surface area contributed by atoms with Crippen LogP contribution < -0.4 is 23.5 Å². The van der Waals surface area contributed by atoms with E-state index in [0.29, 0.717) is 17.1 Å². The van der Waals surface area contributed by atoms with E-state index in [1.807, 2.05) is 37.3 Å². The van der Waals surface area contributed by atoms with E-state index in [1.54, 1.807) is 13.2 Å². The van der Waals surface area contributed by atoms with Gasteiger partial charge in [0.05, 0.1) is 28.8 Å². The fraction of sp³-hybridized carbons (Fsp3) is 0.172. The highest BCUT2D eigenvalue weighted by atomic mass is 35.5. The van der Waals surface area contributed by atoms with Gasteiger partial charge in [-0.3, -0.25) is 0 Å². The van der Waals surface area contributed by atoms with Crippen LogP contribution in [0.1, 0.15) is 21.5 Å². The summed E-state index contributed by atoms with van der Waals surface area (Å²) in [5.41, 5.74) is 3.91. The summed E-state index contributed by atoms with van der Waals surface area (Å²) in [5.74, 6) is 2.16. The SMILES string of the molecule is COc1ccc2c(c[n+]3c4c2ccc2c5c(cc(c24)CC3)OCO5)c1OC(=O)c1cccc(C)c1.Cl. The second kappa shape index (κ2) is 8.28. The predicted molar refractivity (Wildman–Crippen MR) is 139 cm³/mol. The van der Waals surface area contributed by atoms with Gasteiger partial charge in [-0.05, 0) is 55.0 Å². The van der Waals surface area contributed by atoms with Crippen molar-refractivity contribution in [3.63, 3.8) is 0 Å². The number of carbonyl (C=O) groups excluding carboxylic acids is 1. The van der Waals surface area contributed by atoms with Crippen molar-refractivity contribution in [3.8, 4) is 23.0 Å². The molecule has 0 spiro atoms. The number of nitrogens with zero attached hydrogens (tertiary/aromatic N) is 1. The van der Waals surface area contributed by atoms with E-state index in [-0.39, 0.29) is 19.2 Å². The van der Waals surface area contributed by atoms with Crippen molar-refractivity contribution in [2.75, 3.05) is 13.9 Å². The van der Waals surface area contributed by atoms with Gasteiger partial charge in [-0.15, -0.1) is 12.4 Å². The van der Waals surface area contributed by atoms with Gasteiger partial charge < -0.3 is 18.9 Å². The zero-order chi connectivity index (χ0) is 23.7. The van der Waals surface area contributed by atoms with Crippen LogP contribution in [0.5, 0.6) is 23.0 Å². The molecular weight excluding hydrogens is 478 g/mol. The minimum Gasteiger partial charge on any atom is -0.493 e. The molecule has 180 valence electrons. The van der Waals surface area contributed by atoms with Gasteiger partial charge in [-0.25, -0.2) is 4.79 Å². The Labute approximate surface area is 213 Å². The number of aromatic nitrogens is 1. The molecule has 0 atom stereocenters. The molecule has 5 aromatic rings. The molecule has 1 aromatic heterocycles. The summed E-state index contributed by atoms with van der Waals surface area (Å²) in [7, 11) is 1.59. The van der Waals surface area contributed by atoms with Crippen molar-refractivity contribution >= 4 is 50.8 Å². The molecule has 0 unspecified atom stereocenters. The highest BCUT2D eigenvalue weighted by molar-refractivity contribution is 6.17. The first-order valence-corrected chi connectivity index (χ1v) is 11.6. The molecule has 3 heterocycles. The van der Waals surface area contributed by atoms with Crippen LogP contribution in [0, 0.1) is 6.92 Å². The van der Waals surface area contributed by atoms with Crippen LogP contribution in [-0.4, -0.2) is 19.9 Å². The maximum absolute atomic E-state index is 13.1. The molecule has 2 aliphatic heterocycles. The third-order valence-corrected chi connectivity index (χ3v) is 7.00. The summed E-state index contributed by atoms with van der Waals surface area (Å²) >= 11 is 0. The summed E-state index contributed by atoms with van der Waals surface area (Å²) in [6, 6.07) is 17.6. The number of aryl methyl sites for hydroxylation is 3. The number of esters is 1. The molecule has 4 aromatic carbocycles. The Morgan fingerprint density at radius 2 is 1.81 bits per heavy atom. The third-order valence-electron chi connectivity index (χ3n) is 7.00. The smallest absolute Gasteiger partial charge is 0.343 e. The van der Waals surface area contributed by atoms with Gasteiger partial charge in [0.2, 0.25) is 12.3 Å². The number of halogens is 1. The topological polar surface area (TPSA) is 57.9 Å². The third kappa shape index (κ3) is 3.18. The Balaban J connectivity index is 0.00000240. The number of methoxy groups -OCH3 is 1. The van der Waals surface area contributed by atoms with Crippen LogP contribution >= 0.6 is 12.4 Å². The van der Waals surface area contributed by atoms with Gasteiger partial charge >= 0.3 is 5.97 Å². The zero-order valence-electron chi connectivity index (χ0n) is 19.8. The lowest BCUT2D eigenvalue weighted by Gasteiger charge is -2.18. The molecular formula is C29H23ClNO5+. The molecule has 0 amide bonds. The van der Waals surface area contributed by atoms with Gasteiger partial charge in [0.15, 0.2) is 35.7 Å². The number of rotatable bonds is 3. The number of fused-ring (bicyclic) bond motifs is 4. The fourth-order valence-corrected chi connectivity index (χ4v) is 5.42. The first kappa shape index (κ1) is 22.4. The summed E-state index contributed by atoms with van der Waals surface area (Å²) in [4.78, 5) is 13.1. The molecule has 7 heteroatoms. The molecule has 0 N–H and O–H groups in total. The van der Waals surface area contributed by atoms with Gasteiger partial charge in [0.25, 0.3) is 0 Å². The Hall–Kier alpha value is -4.03. The maximum atomic E-state index is 13.1. The quantitative estimate of drug-likeness (QED) is 0.138. The molecule has 7 rings (SSSR count). The van der Waals surface area contributed by atoms with Crippen LogP contribution in [0.3, 0.4) is 0 Å². The Bertz CT molecular complexity index is 1730.